The summed E-state index contributed by atoms with van der Waals surface area (Å²) < 4.78 is 0. The van der Waals surface area contributed by atoms with Crippen LogP contribution in [0.3, 0.4) is 0 Å². The molecule has 3 nitrogen and oxygen atoms in total. The standard InChI is InChI=1S/C16H23NO2S/c1-12(18)6-11-16(19)17-13-7-9-15(10-8-13)20-14-4-2-3-5-14/h7-10,12,14,18H,2-6,11H2,1H3,(H,17,19). The number of amides is 1. The van der Waals surface area contributed by atoms with Gasteiger partial charge in [0.15, 0.2) is 0 Å². The van der Waals surface area contributed by atoms with Crippen LogP contribution in [0, 0.1) is 0 Å². The van der Waals surface area contributed by atoms with Crippen LogP contribution in [-0.4, -0.2) is 22.4 Å². The molecule has 2 N–H and O–H groups in total. The molecule has 1 amide bonds. The maximum atomic E-state index is 11.7. The fourth-order valence-corrected chi connectivity index (χ4v) is 3.63. The van der Waals surface area contributed by atoms with Gasteiger partial charge in [-0.2, -0.15) is 0 Å². The Labute approximate surface area is 125 Å². The first-order valence-corrected chi connectivity index (χ1v) is 8.26. The topological polar surface area (TPSA) is 49.3 Å². The van der Waals surface area contributed by atoms with Crippen LogP contribution in [0.1, 0.15) is 45.4 Å². The average molecular weight is 293 g/mol. The van der Waals surface area contributed by atoms with Gasteiger partial charge < -0.3 is 10.4 Å². The molecule has 1 aliphatic carbocycles. The van der Waals surface area contributed by atoms with Gasteiger partial charge in [0.25, 0.3) is 0 Å². The first kappa shape index (κ1) is 15.4. The molecule has 1 saturated carbocycles. The molecule has 0 radical (unpaired) electrons. The molecule has 2 rings (SSSR count). The fourth-order valence-electron chi connectivity index (χ4n) is 2.38. The number of rotatable bonds is 6. The monoisotopic (exact) mass is 293 g/mol. The zero-order valence-corrected chi connectivity index (χ0v) is 12.8. The molecule has 0 bridgehead atoms. The smallest absolute Gasteiger partial charge is 0.224 e. The highest BCUT2D eigenvalue weighted by Crippen LogP contribution is 2.34. The molecular weight excluding hydrogens is 270 g/mol. The van der Waals surface area contributed by atoms with Crippen molar-refractivity contribution >= 4 is 23.4 Å². The van der Waals surface area contributed by atoms with Gasteiger partial charge in [-0.1, -0.05) is 12.8 Å². The minimum absolute atomic E-state index is 0.0397. The van der Waals surface area contributed by atoms with Gasteiger partial charge in [0.2, 0.25) is 5.91 Å². The van der Waals surface area contributed by atoms with Gasteiger partial charge in [0.1, 0.15) is 0 Å². The number of hydrogen-bond donors (Lipinski definition) is 2. The van der Waals surface area contributed by atoms with E-state index in [4.69, 9.17) is 5.11 Å². The number of hydrogen-bond acceptors (Lipinski definition) is 3. The SMILES string of the molecule is CC(O)CCC(=O)Nc1ccc(SC2CCCC2)cc1. The normalized spacial score (nSPS) is 17.1. The van der Waals surface area contributed by atoms with Crippen molar-refractivity contribution in [1.82, 2.24) is 0 Å². The Morgan fingerprint density at radius 3 is 2.60 bits per heavy atom. The molecule has 0 aliphatic heterocycles. The van der Waals surface area contributed by atoms with Gasteiger partial charge in [-0.3, -0.25) is 4.79 Å². The number of carbonyl (C=O) groups is 1. The lowest BCUT2D eigenvalue weighted by Gasteiger charge is -2.10. The van der Waals surface area contributed by atoms with Gasteiger partial charge in [-0.25, -0.2) is 0 Å². The summed E-state index contributed by atoms with van der Waals surface area (Å²) in [5.41, 5.74) is 0.830. The number of thioether (sulfide) groups is 1. The third-order valence-electron chi connectivity index (χ3n) is 3.53. The van der Waals surface area contributed by atoms with Crippen LogP contribution in [0.25, 0.3) is 0 Å². The van der Waals surface area contributed by atoms with E-state index in [2.05, 4.69) is 17.4 Å². The van der Waals surface area contributed by atoms with Crippen molar-refractivity contribution in [1.29, 1.82) is 0 Å². The Balaban J connectivity index is 1.80. The number of nitrogens with one attached hydrogen (secondary N) is 1. The molecule has 110 valence electrons. The third kappa shape index (κ3) is 5.17. The summed E-state index contributed by atoms with van der Waals surface area (Å²) in [5.74, 6) is -0.0397. The van der Waals surface area contributed by atoms with Gasteiger partial charge in [0, 0.05) is 22.3 Å². The summed E-state index contributed by atoms with van der Waals surface area (Å²) in [4.78, 5) is 12.9. The van der Waals surface area contributed by atoms with E-state index in [9.17, 15) is 4.79 Å². The molecule has 1 fully saturated rings. The van der Waals surface area contributed by atoms with Crippen molar-refractivity contribution in [3.8, 4) is 0 Å². The molecule has 1 unspecified atom stereocenters. The number of benzene rings is 1. The van der Waals surface area contributed by atoms with Crippen LogP contribution in [-0.2, 0) is 4.79 Å². The van der Waals surface area contributed by atoms with Crippen LogP contribution < -0.4 is 5.32 Å². The second-order valence-electron chi connectivity index (χ2n) is 5.48. The summed E-state index contributed by atoms with van der Waals surface area (Å²) in [7, 11) is 0. The number of carbonyl (C=O) groups excluding carboxylic acids is 1. The van der Waals surface area contributed by atoms with Crippen LogP contribution >= 0.6 is 11.8 Å². The number of aliphatic hydroxyl groups excluding tert-OH is 1. The molecule has 1 aromatic carbocycles. The third-order valence-corrected chi connectivity index (χ3v) is 4.88. The van der Waals surface area contributed by atoms with Crippen molar-refractivity contribution in [2.24, 2.45) is 0 Å². The molecule has 0 saturated heterocycles. The van der Waals surface area contributed by atoms with E-state index in [-0.39, 0.29) is 5.91 Å². The highest BCUT2D eigenvalue weighted by molar-refractivity contribution is 8.00. The second kappa shape index (κ2) is 7.70. The summed E-state index contributed by atoms with van der Waals surface area (Å²) in [6.07, 6.45) is 5.79. The Kier molecular flexibility index (Phi) is 5.92. The van der Waals surface area contributed by atoms with Gasteiger partial charge in [0.05, 0.1) is 6.10 Å². The molecule has 1 atom stereocenters. The second-order valence-corrected chi connectivity index (χ2v) is 6.86. The Hall–Kier alpha value is -1.00. The largest absolute Gasteiger partial charge is 0.393 e. The summed E-state index contributed by atoms with van der Waals surface area (Å²) >= 11 is 1.95. The van der Waals surface area contributed by atoms with Crippen molar-refractivity contribution < 1.29 is 9.90 Å². The molecular formula is C16H23NO2S. The lowest BCUT2D eigenvalue weighted by Crippen LogP contribution is -2.13. The highest BCUT2D eigenvalue weighted by Gasteiger charge is 2.15. The van der Waals surface area contributed by atoms with Crippen LogP contribution in [0.5, 0.6) is 0 Å². The molecule has 20 heavy (non-hydrogen) atoms. The minimum atomic E-state index is -0.425. The Bertz CT molecular complexity index is 425. The maximum Gasteiger partial charge on any atom is 0.224 e. The lowest BCUT2D eigenvalue weighted by molar-refractivity contribution is -0.116. The van der Waals surface area contributed by atoms with Crippen LogP contribution in [0.15, 0.2) is 29.2 Å². The summed E-state index contributed by atoms with van der Waals surface area (Å²) in [5, 5.41) is 12.8. The predicted molar refractivity (Wildman–Crippen MR) is 84.1 cm³/mol. The number of aliphatic hydroxyl groups is 1. The highest BCUT2D eigenvalue weighted by atomic mass is 32.2. The zero-order valence-electron chi connectivity index (χ0n) is 12.0. The summed E-state index contributed by atoms with van der Waals surface area (Å²) in [6, 6.07) is 8.07. The van der Waals surface area contributed by atoms with E-state index in [1.165, 1.54) is 30.6 Å². The van der Waals surface area contributed by atoms with Crippen LogP contribution in [0.4, 0.5) is 5.69 Å². The molecule has 1 aromatic rings. The molecule has 0 spiro atoms. The van der Waals surface area contributed by atoms with Gasteiger partial charge in [-0.15, -0.1) is 11.8 Å². The van der Waals surface area contributed by atoms with Crippen LogP contribution in [0.2, 0.25) is 0 Å². The van der Waals surface area contributed by atoms with Crippen molar-refractivity contribution in [2.75, 3.05) is 5.32 Å². The minimum Gasteiger partial charge on any atom is -0.393 e. The van der Waals surface area contributed by atoms with Gasteiger partial charge in [-0.05, 0) is 50.5 Å². The predicted octanol–water partition coefficient (Wildman–Crippen LogP) is 3.82. The van der Waals surface area contributed by atoms with E-state index < -0.39 is 6.10 Å². The first-order valence-electron chi connectivity index (χ1n) is 7.38. The van der Waals surface area contributed by atoms with Crippen molar-refractivity contribution in [2.45, 2.75) is 61.7 Å². The first-order chi connectivity index (χ1) is 9.63. The van der Waals surface area contributed by atoms with E-state index >= 15 is 0 Å². The molecule has 0 heterocycles. The molecule has 1 aliphatic rings. The summed E-state index contributed by atoms with van der Waals surface area (Å²) in [6.45, 7) is 1.70. The Morgan fingerprint density at radius 2 is 2.00 bits per heavy atom. The maximum absolute atomic E-state index is 11.7. The van der Waals surface area contributed by atoms with Crippen molar-refractivity contribution in [3.63, 3.8) is 0 Å². The van der Waals surface area contributed by atoms with E-state index in [0.717, 1.165) is 10.9 Å². The molecule has 0 aromatic heterocycles. The quantitative estimate of drug-likeness (QED) is 0.838. The van der Waals surface area contributed by atoms with Gasteiger partial charge >= 0.3 is 0 Å². The Morgan fingerprint density at radius 1 is 1.35 bits per heavy atom. The number of anilines is 1. The van der Waals surface area contributed by atoms with E-state index in [0.29, 0.717) is 12.8 Å². The van der Waals surface area contributed by atoms with E-state index in [1.807, 2.05) is 23.9 Å². The fraction of sp³-hybridized carbons (Fsp3) is 0.562. The zero-order chi connectivity index (χ0) is 14.4. The average Bonchev–Trinajstić information content (AvgIpc) is 2.92. The molecule has 4 heteroatoms. The lowest BCUT2D eigenvalue weighted by atomic mass is 10.2. The van der Waals surface area contributed by atoms with Crippen molar-refractivity contribution in [3.05, 3.63) is 24.3 Å². The van der Waals surface area contributed by atoms with E-state index in [1.54, 1.807) is 6.92 Å².